The Hall–Kier alpha value is -0.680. The molecule has 0 fully saturated rings. The molecule has 17 heavy (non-hydrogen) atoms. The van der Waals surface area contributed by atoms with Crippen molar-refractivity contribution in [3.05, 3.63) is 28.7 Å². The molecule has 0 aromatic heterocycles. The van der Waals surface area contributed by atoms with Crippen molar-refractivity contribution in [3.8, 4) is 0 Å². The zero-order chi connectivity index (χ0) is 12.8. The lowest BCUT2D eigenvalue weighted by molar-refractivity contribution is -0.128. The van der Waals surface area contributed by atoms with E-state index in [1.54, 1.807) is 19.0 Å². The van der Waals surface area contributed by atoms with Crippen LogP contribution in [0.2, 0.25) is 0 Å². The topological polar surface area (TPSA) is 37.4 Å². The average molecular weight is 318 g/mol. The molecule has 0 aliphatic heterocycles. The minimum Gasteiger partial charge on any atom is -0.349 e. The lowest BCUT2D eigenvalue weighted by Gasteiger charge is -2.09. The number of hydrogen-bond donors (Lipinski definition) is 0. The number of halogens is 1. The van der Waals surface area contributed by atoms with E-state index in [-0.39, 0.29) is 5.91 Å². The third-order valence-corrected chi connectivity index (χ3v) is 4.21. The van der Waals surface area contributed by atoms with Crippen molar-refractivity contribution in [1.29, 1.82) is 0 Å². The molecule has 1 rings (SSSR count). The summed E-state index contributed by atoms with van der Waals surface area (Å²) in [5, 5.41) is 0. The van der Waals surface area contributed by atoms with E-state index in [9.17, 15) is 9.00 Å². The van der Waals surface area contributed by atoms with Crippen LogP contribution in [0.25, 0.3) is 0 Å². The molecule has 0 unspecified atom stereocenters. The zero-order valence-electron chi connectivity index (χ0n) is 9.98. The van der Waals surface area contributed by atoms with Gasteiger partial charge in [0.2, 0.25) is 5.91 Å². The molecule has 0 aliphatic rings. The van der Waals surface area contributed by atoms with Gasteiger partial charge in [-0.1, -0.05) is 22.0 Å². The van der Waals surface area contributed by atoms with Crippen LogP contribution >= 0.6 is 15.9 Å². The van der Waals surface area contributed by atoms with E-state index in [0.717, 1.165) is 9.37 Å². The first-order valence-corrected chi connectivity index (χ1v) is 7.46. The molecule has 0 heterocycles. The number of carbonyl (C=O) groups excluding carboxylic acids is 1. The van der Waals surface area contributed by atoms with Gasteiger partial charge < -0.3 is 4.90 Å². The second-order valence-corrected chi connectivity index (χ2v) is 6.39. The fourth-order valence-electron chi connectivity index (χ4n) is 1.30. The van der Waals surface area contributed by atoms with Crippen molar-refractivity contribution in [2.24, 2.45) is 0 Å². The second-order valence-electron chi connectivity index (χ2n) is 3.90. The molecule has 0 N–H and O–H groups in total. The maximum atomic E-state index is 11.9. The van der Waals surface area contributed by atoms with Gasteiger partial charge in [0.25, 0.3) is 0 Å². The first-order chi connectivity index (χ1) is 8.00. The summed E-state index contributed by atoms with van der Waals surface area (Å²) in [6, 6.07) is 7.46. The highest BCUT2D eigenvalue weighted by atomic mass is 79.9. The highest BCUT2D eigenvalue weighted by Crippen LogP contribution is 2.15. The highest BCUT2D eigenvalue weighted by Gasteiger charge is 2.07. The Morgan fingerprint density at radius 1 is 1.41 bits per heavy atom. The molecule has 0 radical (unpaired) electrons. The van der Waals surface area contributed by atoms with E-state index in [4.69, 9.17) is 0 Å². The molecule has 94 valence electrons. The first-order valence-electron chi connectivity index (χ1n) is 5.35. The Morgan fingerprint density at radius 3 is 2.71 bits per heavy atom. The van der Waals surface area contributed by atoms with Crippen molar-refractivity contribution in [1.82, 2.24) is 4.90 Å². The van der Waals surface area contributed by atoms with Gasteiger partial charge in [0, 0.05) is 35.6 Å². The van der Waals surface area contributed by atoms with Crippen LogP contribution in [0.4, 0.5) is 0 Å². The predicted octanol–water partition coefficient (Wildman–Crippen LogP) is 2.43. The van der Waals surface area contributed by atoms with E-state index in [1.165, 1.54) is 0 Å². The van der Waals surface area contributed by atoms with Crippen molar-refractivity contribution in [3.63, 3.8) is 0 Å². The molecule has 3 nitrogen and oxygen atoms in total. The van der Waals surface area contributed by atoms with Crippen molar-refractivity contribution < 1.29 is 9.00 Å². The molecule has 0 spiro atoms. The maximum absolute atomic E-state index is 11.9. The Kier molecular flexibility index (Phi) is 5.85. The molecule has 0 saturated heterocycles. The van der Waals surface area contributed by atoms with Crippen LogP contribution in [0.5, 0.6) is 0 Å². The minimum absolute atomic E-state index is 0.0799. The van der Waals surface area contributed by atoms with Crippen LogP contribution in [0.15, 0.2) is 33.6 Å². The summed E-state index contributed by atoms with van der Waals surface area (Å²) >= 11 is 3.35. The lowest BCUT2D eigenvalue weighted by Crippen LogP contribution is -2.21. The summed E-state index contributed by atoms with van der Waals surface area (Å²) in [4.78, 5) is 13.7. The van der Waals surface area contributed by atoms with Crippen molar-refractivity contribution in [2.45, 2.75) is 17.7 Å². The van der Waals surface area contributed by atoms with E-state index in [1.807, 2.05) is 24.3 Å². The largest absolute Gasteiger partial charge is 0.349 e. The maximum Gasteiger partial charge on any atom is 0.222 e. The molecular weight excluding hydrogens is 302 g/mol. The summed E-state index contributed by atoms with van der Waals surface area (Å²) in [6.45, 7) is 0. The van der Waals surface area contributed by atoms with E-state index >= 15 is 0 Å². The predicted molar refractivity (Wildman–Crippen MR) is 73.3 cm³/mol. The standard InChI is InChI=1S/C12H16BrNO2S/c1-14(2)12(15)7-4-8-17(16)11-6-3-5-10(13)9-11/h3,5-6,9H,4,7-8H2,1-2H3/t17-/m0/s1. The SMILES string of the molecule is CN(C)C(=O)CCC[S@](=O)c1cccc(Br)c1. The van der Waals surface area contributed by atoms with Crippen LogP contribution in [-0.4, -0.2) is 34.9 Å². The van der Waals surface area contributed by atoms with Crippen LogP contribution < -0.4 is 0 Å². The molecule has 1 aromatic carbocycles. The third-order valence-electron chi connectivity index (χ3n) is 2.28. The Balaban J connectivity index is 2.43. The molecule has 1 amide bonds. The Morgan fingerprint density at radius 2 is 2.12 bits per heavy atom. The van der Waals surface area contributed by atoms with Gasteiger partial charge in [-0.3, -0.25) is 9.00 Å². The summed E-state index contributed by atoms with van der Waals surface area (Å²) in [6.07, 6.45) is 1.10. The normalized spacial score (nSPS) is 12.2. The molecule has 0 saturated carbocycles. The zero-order valence-corrected chi connectivity index (χ0v) is 12.4. The third kappa shape index (κ3) is 5.00. The number of carbonyl (C=O) groups is 1. The highest BCUT2D eigenvalue weighted by molar-refractivity contribution is 9.10. The van der Waals surface area contributed by atoms with Gasteiger partial charge in [0.15, 0.2) is 0 Å². The van der Waals surface area contributed by atoms with Crippen molar-refractivity contribution >= 4 is 32.6 Å². The van der Waals surface area contributed by atoms with Gasteiger partial charge in [-0.25, -0.2) is 0 Å². The number of amides is 1. The van der Waals surface area contributed by atoms with Crippen LogP contribution in [-0.2, 0) is 15.6 Å². The summed E-state index contributed by atoms with van der Waals surface area (Å²) in [5.74, 6) is 0.604. The van der Waals surface area contributed by atoms with E-state index in [0.29, 0.717) is 18.6 Å². The smallest absolute Gasteiger partial charge is 0.222 e. The molecule has 1 atom stereocenters. The fraction of sp³-hybridized carbons (Fsp3) is 0.417. The average Bonchev–Trinajstić information content (AvgIpc) is 2.28. The number of hydrogen-bond acceptors (Lipinski definition) is 2. The fourth-order valence-corrected chi connectivity index (χ4v) is 2.99. The monoisotopic (exact) mass is 317 g/mol. The van der Waals surface area contributed by atoms with Gasteiger partial charge in [-0.2, -0.15) is 0 Å². The summed E-state index contributed by atoms with van der Waals surface area (Å²) < 4.78 is 12.8. The van der Waals surface area contributed by atoms with Gasteiger partial charge in [-0.05, 0) is 24.6 Å². The van der Waals surface area contributed by atoms with Gasteiger partial charge in [0.05, 0.1) is 10.8 Å². The molecule has 5 heteroatoms. The molecular formula is C12H16BrNO2S. The molecule has 0 aliphatic carbocycles. The quantitative estimate of drug-likeness (QED) is 0.836. The Bertz CT molecular complexity index is 421. The first kappa shape index (κ1) is 14.4. The van der Waals surface area contributed by atoms with Gasteiger partial charge in [-0.15, -0.1) is 0 Å². The van der Waals surface area contributed by atoms with Gasteiger partial charge >= 0.3 is 0 Å². The van der Waals surface area contributed by atoms with E-state index < -0.39 is 10.8 Å². The van der Waals surface area contributed by atoms with Crippen LogP contribution in [0, 0.1) is 0 Å². The van der Waals surface area contributed by atoms with Crippen LogP contribution in [0.1, 0.15) is 12.8 Å². The minimum atomic E-state index is -1.02. The number of rotatable bonds is 5. The summed E-state index contributed by atoms with van der Waals surface area (Å²) in [5.41, 5.74) is 0. The van der Waals surface area contributed by atoms with Gasteiger partial charge in [0.1, 0.15) is 0 Å². The Labute approximate surface area is 113 Å². The number of nitrogens with zero attached hydrogens (tertiary/aromatic N) is 1. The van der Waals surface area contributed by atoms with Crippen LogP contribution in [0.3, 0.4) is 0 Å². The second kappa shape index (κ2) is 6.91. The van der Waals surface area contributed by atoms with Crippen molar-refractivity contribution in [2.75, 3.05) is 19.8 Å². The number of benzene rings is 1. The molecule has 0 bridgehead atoms. The van der Waals surface area contributed by atoms with E-state index in [2.05, 4.69) is 15.9 Å². The molecule has 1 aromatic rings. The lowest BCUT2D eigenvalue weighted by atomic mass is 10.3. The summed E-state index contributed by atoms with van der Waals surface area (Å²) in [7, 11) is 2.44.